The highest BCUT2D eigenvalue weighted by Gasteiger charge is 2.45. The van der Waals surface area contributed by atoms with E-state index in [0.717, 1.165) is 24.8 Å². The molecule has 1 aliphatic rings. The molecule has 1 aromatic heterocycles. The second kappa shape index (κ2) is 5.66. The molecule has 5 heteroatoms. The second-order valence-corrected chi connectivity index (χ2v) is 6.13. The van der Waals surface area contributed by atoms with E-state index < -0.39 is 5.41 Å². The summed E-state index contributed by atoms with van der Waals surface area (Å²) in [7, 11) is 0. The summed E-state index contributed by atoms with van der Waals surface area (Å²) in [6.45, 7) is 0. The van der Waals surface area contributed by atoms with Gasteiger partial charge in [-0.2, -0.15) is 0 Å². The zero-order valence-corrected chi connectivity index (χ0v) is 12.8. The van der Waals surface area contributed by atoms with Crippen molar-refractivity contribution in [1.82, 2.24) is 4.98 Å². The van der Waals surface area contributed by atoms with Crippen LogP contribution in [0.15, 0.2) is 42.6 Å². The van der Waals surface area contributed by atoms with E-state index in [4.69, 9.17) is 23.2 Å². The standard InChI is InChI=1S/C16H14Cl2N2O/c17-12-4-2-11(3-5-12)16(8-1-9-16)15(21)20-14-7-6-13(18)10-19-14/h2-7,10H,1,8-9H2,(H,19,20,21). The third kappa shape index (κ3) is 2.76. The summed E-state index contributed by atoms with van der Waals surface area (Å²) in [5, 5.41) is 4.10. The van der Waals surface area contributed by atoms with Crippen LogP contribution in [-0.4, -0.2) is 10.9 Å². The average Bonchev–Trinajstić information content (AvgIpc) is 2.42. The predicted octanol–water partition coefficient (Wildman–Crippen LogP) is 4.45. The van der Waals surface area contributed by atoms with Crippen LogP contribution >= 0.6 is 23.2 Å². The van der Waals surface area contributed by atoms with Crippen molar-refractivity contribution in [2.45, 2.75) is 24.7 Å². The van der Waals surface area contributed by atoms with E-state index >= 15 is 0 Å². The van der Waals surface area contributed by atoms with Crippen LogP contribution in [0.4, 0.5) is 5.82 Å². The lowest BCUT2D eigenvalue weighted by molar-refractivity contribution is -0.124. The molecule has 2 aromatic rings. The van der Waals surface area contributed by atoms with Gasteiger partial charge in [0, 0.05) is 11.2 Å². The maximum absolute atomic E-state index is 12.7. The zero-order valence-electron chi connectivity index (χ0n) is 11.3. The Bertz CT molecular complexity index is 649. The molecule has 0 saturated heterocycles. The van der Waals surface area contributed by atoms with Gasteiger partial charge in [0.25, 0.3) is 0 Å². The van der Waals surface area contributed by atoms with Gasteiger partial charge < -0.3 is 5.32 Å². The van der Waals surface area contributed by atoms with Crippen LogP contribution in [0.5, 0.6) is 0 Å². The number of carbonyl (C=O) groups excluding carboxylic acids is 1. The molecular weight excluding hydrogens is 307 g/mol. The fourth-order valence-electron chi connectivity index (χ4n) is 2.63. The van der Waals surface area contributed by atoms with Crippen molar-refractivity contribution in [3.8, 4) is 0 Å². The lowest BCUT2D eigenvalue weighted by Crippen LogP contribution is -2.46. The maximum Gasteiger partial charge on any atom is 0.236 e. The van der Waals surface area contributed by atoms with Crippen molar-refractivity contribution in [3.05, 3.63) is 58.2 Å². The highest BCUT2D eigenvalue weighted by molar-refractivity contribution is 6.30. The Kier molecular flexibility index (Phi) is 3.87. The van der Waals surface area contributed by atoms with Crippen molar-refractivity contribution in [2.75, 3.05) is 5.32 Å². The van der Waals surface area contributed by atoms with E-state index in [0.29, 0.717) is 15.9 Å². The molecule has 3 rings (SSSR count). The fraction of sp³-hybridized carbons (Fsp3) is 0.250. The molecule has 1 heterocycles. The van der Waals surface area contributed by atoms with E-state index in [2.05, 4.69) is 10.3 Å². The Morgan fingerprint density at radius 1 is 1.05 bits per heavy atom. The number of pyridine rings is 1. The van der Waals surface area contributed by atoms with Gasteiger partial charge in [-0.15, -0.1) is 0 Å². The minimum Gasteiger partial charge on any atom is -0.310 e. The Morgan fingerprint density at radius 2 is 1.71 bits per heavy atom. The summed E-state index contributed by atoms with van der Waals surface area (Å²) >= 11 is 11.7. The lowest BCUT2D eigenvalue weighted by Gasteiger charge is -2.40. The van der Waals surface area contributed by atoms with E-state index in [-0.39, 0.29) is 5.91 Å². The summed E-state index contributed by atoms with van der Waals surface area (Å²) in [6.07, 6.45) is 4.25. The molecule has 1 N–H and O–H groups in total. The zero-order chi connectivity index (χ0) is 14.9. The van der Waals surface area contributed by atoms with E-state index in [1.165, 1.54) is 6.20 Å². The van der Waals surface area contributed by atoms with Crippen LogP contribution < -0.4 is 5.32 Å². The van der Waals surface area contributed by atoms with Crippen molar-refractivity contribution < 1.29 is 4.79 Å². The molecule has 0 spiro atoms. The van der Waals surface area contributed by atoms with E-state index in [1.54, 1.807) is 12.1 Å². The first-order valence-electron chi connectivity index (χ1n) is 6.79. The predicted molar refractivity (Wildman–Crippen MR) is 84.9 cm³/mol. The fourth-order valence-corrected chi connectivity index (χ4v) is 2.87. The number of hydrogen-bond acceptors (Lipinski definition) is 2. The van der Waals surface area contributed by atoms with E-state index in [9.17, 15) is 4.79 Å². The summed E-state index contributed by atoms with van der Waals surface area (Å²) in [5.74, 6) is 0.496. The molecule has 1 aliphatic carbocycles. The number of halogens is 2. The van der Waals surface area contributed by atoms with Gasteiger partial charge in [0.1, 0.15) is 5.82 Å². The van der Waals surface area contributed by atoms with E-state index in [1.807, 2.05) is 24.3 Å². The molecule has 0 bridgehead atoms. The minimum atomic E-state index is -0.466. The number of anilines is 1. The van der Waals surface area contributed by atoms with Crippen LogP contribution in [0.2, 0.25) is 10.0 Å². The van der Waals surface area contributed by atoms with Crippen molar-refractivity contribution in [2.24, 2.45) is 0 Å². The number of aromatic nitrogens is 1. The molecule has 108 valence electrons. The molecule has 1 aromatic carbocycles. The van der Waals surface area contributed by atoms with Crippen molar-refractivity contribution in [1.29, 1.82) is 0 Å². The van der Waals surface area contributed by atoms with Crippen LogP contribution in [-0.2, 0) is 10.2 Å². The SMILES string of the molecule is O=C(Nc1ccc(Cl)cn1)C1(c2ccc(Cl)cc2)CCC1. The Hall–Kier alpha value is -1.58. The summed E-state index contributed by atoms with van der Waals surface area (Å²) in [5.41, 5.74) is 0.538. The van der Waals surface area contributed by atoms with Crippen LogP contribution in [0.1, 0.15) is 24.8 Å². The summed E-state index contributed by atoms with van der Waals surface area (Å²) < 4.78 is 0. The van der Waals surface area contributed by atoms with Gasteiger partial charge in [-0.05, 0) is 42.7 Å². The first-order chi connectivity index (χ1) is 10.1. The molecule has 3 nitrogen and oxygen atoms in total. The largest absolute Gasteiger partial charge is 0.310 e. The van der Waals surface area contributed by atoms with Gasteiger partial charge in [0.05, 0.1) is 10.4 Å². The first kappa shape index (κ1) is 14.4. The Balaban J connectivity index is 1.83. The van der Waals surface area contributed by atoms with Gasteiger partial charge in [0.15, 0.2) is 0 Å². The Labute approximate surface area is 133 Å². The second-order valence-electron chi connectivity index (χ2n) is 5.26. The lowest BCUT2D eigenvalue weighted by atomic mass is 9.64. The quantitative estimate of drug-likeness (QED) is 0.907. The molecule has 0 unspecified atom stereocenters. The molecule has 0 aliphatic heterocycles. The topological polar surface area (TPSA) is 42.0 Å². The first-order valence-corrected chi connectivity index (χ1v) is 7.55. The minimum absolute atomic E-state index is 0.0223. The smallest absolute Gasteiger partial charge is 0.236 e. The number of amides is 1. The third-order valence-corrected chi connectivity index (χ3v) is 4.48. The molecule has 0 atom stereocenters. The summed E-state index contributed by atoms with van der Waals surface area (Å²) in [6, 6.07) is 10.9. The van der Waals surface area contributed by atoms with Gasteiger partial charge in [-0.1, -0.05) is 41.8 Å². The third-order valence-electron chi connectivity index (χ3n) is 4.01. The van der Waals surface area contributed by atoms with Gasteiger partial charge in [-0.25, -0.2) is 4.98 Å². The summed E-state index contributed by atoms with van der Waals surface area (Å²) in [4.78, 5) is 16.8. The molecular formula is C16H14Cl2N2O. The van der Waals surface area contributed by atoms with Crippen LogP contribution in [0.25, 0.3) is 0 Å². The number of benzene rings is 1. The van der Waals surface area contributed by atoms with Crippen molar-refractivity contribution >= 4 is 34.9 Å². The maximum atomic E-state index is 12.7. The van der Waals surface area contributed by atoms with Crippen molar-refractivity contribution in [3.63, 3.8) is 0 Å². The molecule has 0 radical (unpaired) electrons. The van der Waals surface area contributed by atoms with Crippen LogP contribution in [0, 0.1) is 0 Å². The van der Waals surface area contributed by atoms with Gasteiger partial charge >= 0.3 is 0 Å². The molecule has 1 fully saturated rings. The monoisotopic (exact) mass is 320 g/mol. The normalized spacial score (nSPS) is 16.1. The number of nitrogens with zero attached hydrogens (tertiary/aromatic N) is 1. The highest BCUT2D eigenvalue weighted by Crippen LogP contribution is 2.44. The average molecular weight is 321 g/mol. The number of rotatable bonds is 3. The number of nitrogens with one attached hydrogen (secondary N) is 1. The molecule has 1 saturated carbocycles. The molecule has 1 amide bonds. The van der Waals surface area contributed by atoms with Crippen LogP contribution in [0.3, 0.4) is 0 Å². The highest BCUT2D eigenvalue weighted by atomic mass is 35.5. The number of carbonyl (C=O) groups is 1. The van der Waals surface area contributed by atoms with Gasteiger partial charge in [0.2, 0.25) is 5.91 Å². The molecule has 21 heavy (non-hydrogen) atoms. The number of hydrogen-bond donors (Lipinski definition) is 1. The van der Waals surface area contributed by atoms with Gasteiger partial charge in [-0.3, -0.25) is 4.79 Å². The Morgan fingerprint density at radius 3 is 2.24 bits per heavy atom.